The van der Waals surface area contributed by atoms with Gasteiger partial charge in [-0.1, -0.05) is 37.3 Å². The summed E-state index contributed by atoms with van der Waals surface area (Å²) in [6.45, 7) is 2.54. The first kappa shape index (κ1) is 20.2. The van der Waals surface area contributed by atoms with Crippen LogP contribution in [0, 0.1) is 0 Å². The van der Waals surface area contributed by atoms with Crippen LogP contribution in [0.4, 0.5) is 11.5 Å². The van der Waals surface area contributed by atoms with Crippen LogP contribution in [0.25, 0.3) is 6.08 Å². The van der Waals surface area contributed by atoms with E-state index in [4.69, 9.17) is 10.5 Å². The van der Waals surface area contributed by atoms with Gasteiger partial charge in [0, 0.05) is 26.3 Å². The normalized spacial score (nSPS) is 11.0. The molecule has 0 saturated carbocycles. The van der Waals surface area contributed by atoms with Crippen molar-refractivity contribution in [3.8, 4) is 0 Å². The van der Waals surface area contributed by atoms with E-state index in [1.54, 1.807) is 6.08 Å². The zero-order valence-corrected chi connectivity index (χ0v) is 15.5. The molecule has 2 rings (SSSR count). The molecule has 0 saturated heterocycles. The number of anilines is 2. The van der Waals surface area contributed by atoms with E-state index in [-0.39, 0.29) is 24.7 Å². The Hall–Kier alpha value is -3.13. The molecule has 0 spiro atoms. The minimum absolute atomic E-state index is 0.0387. The molecule has 1 aromatic carbocycles. The Morgan fingerprint density at radius 2 is 2.00 bits per heavy atom. The van der Waals surface area contributed by atoms with Crippen LogP contribution in [0.5, 0.6) is 0 Å². The van der Waals surface area contributed by atoms with Gasteiger partial charge in [-0.15, -0.1) is 0 Å². The molecule has 0 bridgehead atoms. The van der Waals surface area contributed by atoms with Gasteiger partial charge in [0.05, 0.1) is 6.61 Å². The van der Waals surface area contributed by atoms with Gasteiger partial charge in [-0.25, -0.2) is 4.79 Å². The summed E-state index contributed by atoms with van der Waals surface area (Å²) in [5, 5.41) is 0. The molecule has 0 unspecified atom stereocenters. The highest BCUT2D eigenvalue weighted by Gasteiger charge is 2.22. The monoisotopic (exact) mass is 372 g/mol. The molecule has 0 radical (unpaired) electrons. The van der Waals surface area contributed by atoms with Gasteiger partial charge in [0.15, 0.2) is 5.69 Å². The van der Waals surface area contributed by atoms with E-state index >= 15 is 0 Å². The number of H-pyrrole nitrogens is 1. The number of benzene rings is 1. The topological polar surface area (TPSA) is 110 Å². The number of ether oxygens (including phenoxy) is 1. The number of hydrogen-bond acceptors (Lipinski definition) is 5. The molecule has 27 heavy (non-hydrogen) atoms. The lowest BCUT2D eigenvalue weighted by Crippen LogP contribution is -2.42. The molecule has 2 aromatic rings. The minimum Gasteiger partial charge on any atom is -0.383 e. The number of nitrogens with two attached hydrogens (primary N) is 1. The molecule has 144 valence electrons. The van der Waals surface area contributed by atoms with Crippen molar-refractivity contribution in [2.75, 3.05) is 30.9 Å². The van der Waals surface area contributed by atoms with Gasteiger partial charge in [0.2, 0.25) is 0 Å². The molecule has 0 fully saturated rings. The van der Waals surface area contributed by atoms with Gasteiger partial charge in [-0.2, -0.15) is 0 Å². The van der Waals surface area contributed by atoms with Crippen LogP contribution in [0.3, 0.4) is 0 Å². The molecule has 8 nitrogen and oxygen atoms in total. The lowest BCUT2D eigenvalue weighted by atomic mass is 10.2. The summed E-state index contributed by atoms with van der Waals surface area (Å²) in [5.74, 6) is -0.474. The smallest absolute Gasteiger partial charge is 0.330 e. The van der Waals surface area contributed by atoms with Crippen molar-refractivity contribution in [1.82, 2.24) is 9.55 Å². The second-order valence-corrected chi connectivity index (χ2v) is 5.87. The largest absolute Gasteiger partial charge is 0.383 e. The molecule has 0 aliphatic rings. The Morgan fingerprint density at radius 1 is 1.30 bits per heavy atom. The predicted molar refractivity (Wildman–Crippen MR) is 106 cm³/mol. The van der Waals surface area contributed by atoms with Crippen molar-refractivity contribution >= 4 is 23.5 Å². The van der Waals surface area contributed by atoms with Crippen molar-refractivity contribution in [2.24, 2.45) is 0 Å². The Labute approximate surface area is 156 Å². The van der Waals surface area contributed by atoms with Crippen LogP contribution >= 0.6 is 0 Å². The third-order valence-electron chi connectivity index (χ3n) is 3.93. The van der Waals surface area contributed by atoms with Gasteiger partial charge in [0.1, 0.15) is 5.82 Å². The zero-order valence-electron chi connectivity index (χ0n) is 15.5. The molecule has 3 N–H and O–H groups in total. The molecule has 8 heteroatoms. The van der Waals surface area contributed by atoms with Gasteiger partial charge >= 0.3 is 5.69 Å². The first-order chi connectivity index (χ1) is 13.0. The summed E-state index contributed by atoms with van der Waals surface area (Å²) in [5.41, 5.74) is 5.56. The summed E-state index contributed by atoms with van der Waals surface area (Å²) in [6.07, 6.45) is 3.66. The van der Waals surface area contributed by atoms with Crippen LogP contribution in [0.1, 0.15) is 18.9 Å². The summed E-state index contributed by atoms with van der Waals surface area (Å²) in [4.78, 5) is 40.6. The van der Waals surface area contributed by atoms with Crippen LogP contribution in [-0.2, 0) is 16.1 Å². The predicted octanol–water partition coefficient (Wildman–Crippen LogP) is 1.22. The Morgan fingerprint density at radius 3 is 2.63 bits per heavy atom. The van der Waals surface area contributed by atoms with E-state index in [1.807, 2.05) is 37.3 Å². The summed E-state index contributed by atoms with van der Waals surface area (Å²) < 4.78 is 6.30. The number of nitrogen functional groups attached to an aromatic ring is 1. The molecule has 1 heterocycles. The SMILES string of the molecule is CCCn1c(N)c(N(CCOC)C(=O)/C=C/c2ccccc2)c(=O)[nH]c1=O. The zero-order chi connectivity index (χ0) is 19.8. The number of hydrogen-bond donors (Lipinski definition) is 2. The first-order valence-corrected chi connectivity index (χ1v) is 8.65. The standard InChI is InChI=1S/C19H24N4O4/c1-3-11-23-17(20)16(18(25)21-19(23)26)22(12-13-27-2)15(24)10-9-14-7-5-4-6-8-14/h4-10H,3,11-13,20H2,1-2H3,(H,21,25,26)/b10-9+. The van der Waals surface area contributed by atoms with Gasteiger partial charge in [-0.3, -0.25) is 24.0 Å². The van der Waals surface area contributed by atoms with Crippen molar-refractivity contribution in [3.63, 3.8) is 0 Å². The maximum absolute atomic E-state index is 12.8. The number of aromatic nitrogens is 2. The van der Waals surface area contributed by atoms with E-state index in [0.29, 0.717) is 13.0 Å². The fraction of sp³-hybridized carbons (Fsp3) is 0.316. The van der Waals surface area contributed by atoms with Crippen molar-refractivity contribution in [3.05, 3.63) is 62.8 Å². The molecular formula is C19H24N4O4. The van der Waals surface area contributed by atoms with Crippen LogP contribution < -0.4 is 21.9 Å². The molecule has 0 aliphatic heterocycles. The van der Waals surface area contributed by atoms with Gasteiger partial charge in [0.25, 0.3) is 11.5 Å². The van der Waals surface area contributed by atoms with E-state index in [9.17, 15) is 14.4 Å². The van der Waals surface area contributed by atoms with Crippen LogP contribution in [-0.4, -0.2) is 35.7 Å². The van der Waals surface area contributed by atoms with Gasteiger partial charge < -0.3 is 10.5 Å². The molecule has 0 aliphatic carbocycles. The maximum atomic E-state index is 12.8. The highest BCUT2D eigenvalue weighted by molar-refractivity contribution is 6.05. The third-order valence-corrected chi connectivity index (χ3v) is 3.93. The van der Waals surface area contributed by atoms with Crippen molar-refractivity contribution in [2.45, 2.75) is 19.9 Å². The number of rotatable bonds is 8. The number of nitrogens with zero attached hydrogens (tertiary/aromatic N) is 2. The molecular weight excluding hydrogens is 348 g/mol. The van der Waals surface area contributed by atoms with E-state index in [1.165, 1.54) is 22.7 Å². The second kappa shape index (κ2) is 9.54. The Bertz CT molecular complexity index is 916. The first-order valence-electron chi connectivity index (χ1n) is 8.65. The summed E-state index contributed by atoms with van der Waals surface area (Å²) in [7, 11) is 1.49. The van der Waals surface area contributed by atoms with Crippen LogP contribution in [0.2, 0.25) is 0 Å². The Balaban J connectivity index is 2.45. The van der Waals surface area contributed by atoms with E-state index in [0.717, 1.165) is 5.56 Å². The fourth-order valence-electron chi connectivity index (χ4n) is 2.62. The molecule has 1 aromatic heterocycles. The lowest BCUT2D eigenvalue weighted by molar-refractivity contribution is -0.114. The number of aromatic amines is 1. The lowest BCUT2D eigenvalue weighted by Gasteiger charge is -2.23. The third kappa shape index (κ3) is 4.95. The second-order valence-electron chi connectivity index (χ2n) is 5.87. The summed E-state index contributed by atoms with van der Waals surface area (Å²) >= 11 is 0. The van der Waals surface area contributed by atoms with E-state index in [2.05, 4.69) is 4.98 Å². The van der Waals surface area contributed by atoms with E-state index < -0.39 is 17.2 Å². The number of methoxy groups -OCH3 is 1. The average molecular weight is 372 g/mol. The highest BCUT2D eigenvalue weighted by Crippen LogP contribution is 2.17. The molecule has 0 atom stereocenters. The molecule has 1 amide bonds. The summed E-state index contributed by atoms with van der Waals surface area (Å²) in [6, 6.07) is 9.30. The fourth-order valence-corrected chi connectivity index (χ4v) is 2.62. The number of carbonyl (C=O) groups excluding carboxylic acids is 1. The number of amides is 1. The van der Waals surface area contributed by atoms with Crippen molar-refractivity contribution in [1.29, 1.82) is 0 Å². The number of nitrogens with one attached hydrogen (secondary N) is 1. The number of carbonyl (C=O) groups is 1. The van der Waals surface area contributed by atoms with Crippen LogP contribution in [0.15, 0.2) is 46.0 Å². The maximum Gasteiger partial charge on any atom is 0.330 e. The highest BCUT2D eigenvalue weighted by atomic mass is 16.5. The van der Waals surface area contributed by atoms with Gasteiger partial charge in [-0.05, 0) is 18.1 Å². The van der Waals surface area contributed by atoms with Crippen molar-refractivity contribution < 1.29 is 9.53 Å². The Kier molecular flexibility index (Phi) is 7.13. The quantitative estimate of drug-likeness (QED) is 0.677. The minimum atomic E-state index is -0.706. The average Bonchev–Trinajstić information content (AvgIpc) is 2.66.